The van der Waals surface area contributed by atoms with Crippen molar-refractivity contribution in [3.63, 3.8) is 0 Å². The van der Waals surface area contributed by atoms with E-state index in [1.807, 2.05) is 18.7 Å². The van der Waals surface area contributed by atoms with Crippen LogP contribution in [0, 0.1) is 6.92 Å². The molecular formula is C15H28ClN5. The van der Waals surface area contributed by atoms with Crippen molar-refractivity contribution in [2.75, 3.05) is 14.1 Å². The average Bonchev–Trinajstić information content (AvgIpc) is 2.70. The van der Waals surface area contributed by atoms with Gasteiger partial charge >= 0.3 is 0 Å². The standard InChI is InChI=1S/C15H28ClN5/c1-11-14(16)12(21(4)19-11)10-13(18-17)15(20(2)3)8-6-5-7-9-15/h13,18H,5-10,17H2,1-4H3. The molecule has 0 bridgehead atoms. The van der Waals surface area contributed by atoms with Crippen LogP contribution < -0.4 is 11.3 Å². The molecule has 1 unspecified atom stereocenters. The monoisotopic (exact) mass is 313 g/mol. The predicted molar refractivity (Wildman–Crippen MR) is 87.3 cm³/mol. The third kappa shape index (κ3) is 3.11. The lowest BCUT2D eigenvalue weighted by molar-refractivity contribution is 0.0562. The lowest BCUT2D eigenvalue weighted by Gasteiger charge is -2.48. The lowest BCUT2D eigenvalue weighted by atomic mass is 9.74. The molecule has 0 radical (unpaired) electrons. The summed E-state index contributed by atoms with van der Waals surface area (Å²) in [6.07, 6.45) is 6.97. The van der Waals surface area contributed by atoms with E-state index < -0.39 is 0 Å². The minimum atomic E-state index is 0.0918. The first-order chi connectivity index (χ1) is 9.92. The van der Waals surface area contributed by atoms with E-state index in [0.717, 1.165) is 22.8 Å². The summed E-state index contributed by atoms with van der Waals surface area (Å²) in [5, 5.41) is 5.18. The molecule has 0 amide bonds. The second kappa shape index (κ2) is 6.65. The maximum Gasteiger partial charge on any atom is 0.0847 e. The van der Waals surface area contributed by atoms with Crippen LogP contribution in [-0.2, 0) is 13.5 Å². The fourth-order valence-corrected chi connectivity index (χ4v) is 4.01. The minimum absolute atomic E-state index is 0.0918. The summed E-state index contributed by atoms with van der Waals surface area (Å²) in [6, 6.07) is 0.167. The third-order valence-electron chi connectivity index (χ3n) is 5.12. The number of nitrogens with one attached hydrogen (secondary N) is 1. The van der Waals surface area contributed by atoms with Crippen molar-refractivity contribution < 1.29 is 0 Å². The highest BCUT2D eigenvalue weighted by atomic mass is 35.5. The molecule has 1 heterocycles. The van der Waals surface area contributed by atoms with E-state index in [2.05, 4.69) is 29.5 Å². The molecule has 1 aliphatic carbocycles. The number of aromatic nitrogens is 2. The SMILES string of the molecule is Cc1nn(C)c(CC(NN)C2(N(C)C)CCCCC2)c1Cl. The Bertz CT molecular complexity index is 477. The van der Waals surface area contributed by atoms with Crippen molar-refractivity contribution in [1.82, 2.24) is 20.1 Å². The van der Waals surface area contributed by atoms with E-state index >= 15 is 0 Å². The fraction of sp³-hybridized carbons (Fsp3) is 0.800. The molecule has 6 heteroatoms. The Kier molecular flexibility index (Phi) is 5.30. The fourth-order valence-electron chi connectivity index (χ4n) is 3.77. The number of hydrazine groups is 1. The second-order valence-electron chi connectivity index (χ2n) is 6.45. The Morgan fingerprint density at radius 2 is 2.00 bits per heavy atom. The summed E-state index contributed by atoms with van der Waals surface area (Å²) in [6.45, 7) is 1.94. The van der Waals surface area contributed by atoms with Crippen molar-refractivity contribution in [3.05, 3.63) is 16.4 Å². The number of hydrogen-bond donors (Lipinski definition) is 2. The van der Waals surface area contributed by atoms with Crippen LogP contribution in [0.3, 0.4) is 0 Å². The van der Waals surface area contributed by atoms with Gasteiger partial charge in [-0.15, -0.1) is 0 Å². The number of hydrogen-bond acceptors (Lipinski definition) is 4. The van der Waals surface area contributed by atoms with Crippen molar-refractivity contribution in [1.29, 1.82) is 0 Å². The summed E-state index contributed by atoms with van der Waals surface area (Å²) in [5.74, 6) is 5.93. The Hall–Kier alpha value is -0.620. The Morgan fingerprint density at radius 1 is 1.38 bits per heavy atom. The van der Waals surface area contributed by atoms with Crippen molar-refractivity contribution in [2.45, 2.75) is 57.0 Å². The summed E-state index contributed by atoms with van der Waals surface area (Å²) in [5.41, 5.74) is 5.10. The first-order valence-corrected chi connectivity index (χ1v) is 8.11. The molecule has 0 aliphatic heterocycles. The third-order valence-corrected chi connectivity index (χ3v) is 5.61. The van der Waals surface area contributed by atoms with E-state index in [9.17, 15) is 0 Å². The smallest absolute Gasteiger partial charge is 0.0847 e. The molecule has 1 atom stereocenters. The van der Waals surface area contributed by atoms with Gasteiger partial charge in [-0.3, -0.25) is 16.0 Å². The minimum Gasteiger partial charge on any atom is -0.302 e. The molecule has 1 saturated carbocycles. The average molecular weight is 314 g/mol. The van der Waals surface area contributed by atoms with E-state index in [0.29, 0.717) is 0 Å². The van der Waals surface area contributed by atoms with Gasteiger partial charge in [0.25, 0.3) is 0 Å². The van der Waals surface area contributed by atoms with Crippen LogP contribution >= 0.6 is 11.6 Å². The molecule has 0 aromatic carbocycles. The number of nitrogens with two attached hydrogens (primary N) is 1. The van der Waals surface area contributed by atoms with Gasteiger partial charge in [0.2, 0.25) is 0 Å². The molecule has 120 valence electrons. The van der Waals surface area contributed by atoms with Crippen LogP contribution in [0.1, 0.15) is 43.5 Å². The first-order valence-electron chi connectivity index (χ1n) is 7.74. The van der Waals surface area contributed by atoms with Gasteiger partial charge in [0.05, 0.1) is 16.4 Å². The molecule has 2 rings (SSSR count). The van der Waals surface area contributed by atoms with E-state index in [-0.39, 0.29) is 11.6 Å². The summed E-state index contributed by atoms with van der Waals surface area (Å²) in [7, 11) is 6.27. The maximum atomic E-state index is 6.41. The van der Waals surface area contributed by atoms with Gasteiger partial charge in [-0.25, -0.2) is 0 Å². The molecule has 1 aromatic rings. The van der Waals surface area contributed by atoms with E-state index in [1.54, 1.807) is 0 Å². The van der Waals surface area contributed by atoms with Crippen molar-refractivity contribution >= 4 is 11.6 Å². The summed E-state index contributed by atoms with van der Waals surface area (Å²) < 4.78 is 1.88. The highest BCUT2D eigenvalue weighted by Crippen LogP contribution is 2.36. The summed E-state index contributed by atoms with van der Waals surface area (Å²) in [4.78, 5) is 2.34. The molecule has 3 N–H and O–H groups in total. The van der Waals surface area contributed by atoms with Crippen molar-refractivity contribution in [2.24, 2.45) is 12.9 Å². The molecule has 5 nitrogen and oxygen atoms in total. The normalized spacial score (nSPS) is 20.0. The van der Waals surface area contributed by atoms with Crippen LogP contribution in [0.25, 0.3) is 0 Å². The zero-order valence-corrected chi connectivity index (χ0v) is 14.4. The zero-order chi connectivity index (χ0) is 15.6. The van der Waals surface area contributed by atoms with Crippen LogP contribution in [0.4, 0.5) is 0 Å². The van der Waals surface area contributed by atoms with Crippen LogP contribution in [0.2, 0.25) is 5.02 Å². The number of likely N-dealkylation sites (N-methyl/N-ethyl adjacent to an activating group) is 1. The molecule has 21 heavy (non-hydrogen) atoms. The maximum absolute atomic E-state index is 6.41. The van der Waals surface area contributed by atoms with Gasteiger partial charge in [-0.05, 0) is 33.9 Å². The Morgan fingerprint density at radius 3 is 2.43 bits per heavy atom. The molecule has 0 saturated heterocycles. The number of halogens is 1. The number of nitrogens with zero attached hydrogens (tertiary/aromatic N) is 3. The lowest BCUT2D eigenvalue weighted by Crippen LogP contribution is -2.62. The van der Waals surface area contributed by atoms with E-state index in [1.165, 1.54) is 32.1 Å². The highest BCUT2D eigenvalue weighted by molar-refractivity contribution is 6.31. The van der Waals surface area contributed by atoms with Gasteiger partial charge in [0, 0.05) is 25.0 Å². The highest BCUT2D eigenvalue weighted by Gasteiger charge is 2.42. The Labute approximate surface area is 132 Å². The topological polar surface area (TPSA) is 59.1 Å². The van der Waals surface area contributed by atoms with Crippen molar-refractivity contribution in [3.8, 4) is 0 Å². The van der Waals surface area contributed by atoms with Crippen LogP contribution in [-0.4, -0.2) is 40.4 Å². The molecule has 1 aromatic heterocycles. The first kappa shape index (κ1) is 16.7. The molecule has 1 fully saturated rings. The predicted octanol–water partition coefficient (Wildman–Crippen LogP) is 2.02. The van der Waals surface area contributed by atoms with E-state index in [4.69, 9.17) is 17.4 Å². The van der Waals surface area contributed by atoms with Gasteiger partial charge < -0.3 is 4.90 Å². The molecule has 0 spiro atoms. The van der Waals surface area contributed by atoms with Gasteiger partial charge in [0.1, 0.15) is 0 Å². The van der Waals surface area contributed by atoms with Gasteiger partial charge in [-0.2, -0.15) is 5.10 Å². The van der Waals surface area contributed by atoms with Gasteiger partial charge in [-0.1, -0.05) is 30.9 Å². The summed E-state index contributed by atoms with van der Waals surface area (Å²) >= 11 is 6.41. The zero-order valence-electron chi connectivity index (χ0n) is 13.6. The quantitative estimate of drug-likeness (QED) is 0.645. The van der Waals surface area contributed by atoms with Crippen LogP contribution in [0.15, 0.2) is 0 Å². The van der Waals surface area contributed by atoms with Gasteiger partial charge in [0.15, 0.2) is 0 Å². The van der Waals surface area contributed by atoms with Crippen LogP contribution in [0.5, 0.6) is 0 Å². The number of rotatable bonds is 5. The molecular weight excluding hydrogens is 286 g/mol. The number of aryl methyl sites for hydroxylation is 2. The Balaban J connectivity index is 2.29. The largest absolute Gasteiger partial charge is 0.302 e. The molecule has 1 aliphatic rings. The second-order valence-corrected chi connectivity index (χ2v) is 6.83.